The van der Waals surface area contributed by atoms with Gasteiger partial charge in [0.2, 0.25) is 5.75 Å². The third kappa shape index (κ3) is 5.99. The molecule has 1 N–H and O–H groups in total. The first-order valence-electron chi connectivity index (χ1n) is 9.52. The number of nitrogens with zero attached hydrogens (tertiary/aromatic N) is 3. The van der Waals surface area contributed by atoms with Crippen molar-refractivity contribution in [1.82, 2.24) is 5.32 Å². The molecule has 0 aliphatic rings. The Balaban J connectivity index is 1.79. The van der Waals surface area contributed by atoms with Gasteiger partial charge in [-0.2, -0.15) is 5.26 Å². The average Bonchev–Trinajstić information content (AvgIpc) is 2.82. The number of non-ortho nitro benzene ring substituents is 1. The Morgan fingerprint density at radius 3 is 2.42 bits per heavy atom. The molecule has 0 atom stereocenters. The summed E-state index contributed by atoms with van der Waals surface area (Å²) in [5.74, 6) is -0.561. The summed E-state index contributed by atoms with van der Waals surface area (Å²) in [6, 6.07) is 20.3. The number of nitriles is 1. The van der Waals surface area contributed by atoms with Crippen molar-refractivity contribution in [1.29, 1.82) is 5.26 Å². The second-order valence-corrected chi connectivity index (χ2v) is 6.68. The largest absolute Gasteiger partial charge is 0.450 e. The number of carbonyl (C=O) groups is 1. The van der Waals surface area contributed by atoms with Gasteiger partial charge in [0, 0.05) is 12.6 Å². The van der Waals surface area contributed by atoms with Crippen LogP contribution in [0.15, 0.2) is 78.4 Å². The van der Waals surface area contributed by atoms with Gasteiger partial charge in [0.15, 0.2) is 0 Å². The minimum atomic E-state index is -0.781. The van der Waals surface area contributed by atoms with Gasteiger partial charge < -0.3 is 10.1 Å². The van der Waals surface area contributed by atoms with Gasteiger partial charge in [-0.15, -0.1) is 0 Å². The summed E-state index contributed by atoms with van der Waals surface area (Å²) in [5.41, 5.74) is 0.185. The maximum Gasteiger partial charge on any atom is 0.318 e. The van der Waals surface area contributed by atoms with Crippen LogP contribution in [0.5, 0.6) is 11.5 Å². The molecule has 3 aromatic carbocycles. The molecule has 0 bridgehead atoms. The summed E-state index contributed by atoms with van der Waals surface area (Å²) in [6.07, 6.45) is 1.36. The fourth-order valence-electron chi connectivity index (χ4n) is 2.83. The Kier molecular flexibility index (Phi) is 7.08. The number of benzene rings is 3. The van der Waals surface area contributed by atoms with Crippen LogP contribution < -0.4 is 10.1 Å². The highest BCUT2D eigenvalue weighted by Crippen LogP contribution is 2.34. The number of ether oxygens (including phenoxy) is 1. The van der Waals surface area contributed by atoms with E-state index < -0.39 is 27.1 Å². The van der Waals surface area contributed by atoms with E-state index in [1.54, 1.807) is 12.1 Å². The Morgan fingerprint density at radius 2 is 1.76 bits per heavy atom. The molecule has 0 fully saturated rings. The first-order chi connectivity index (χ1) is 15.9. The number of nitro groups is 2. The highest BCUT2D eigenvalue weighted by Gasteiger charge is 2.21. The van der Waals surface area contributed by atoms with E-state index in [0.29, 0.717) is 5.56 Å². The molecule has 1 amide bonds. The molecular weight excluding hydrogens is 428 g/mol. The van der Waals surface area contributed by atoms with Crippen LogP contribution in [0.3, 0.4) is 0 Å². The Bertz CT molecular complexity index is 1280. The lowest BCUT2D eigenvalue weighted by molar-refractivity contribution is -0.394. The quantitative estimate of drug-likeness (QED) is 0.232. The van der Waals surface area contributed by atoms with E-state index in [1.165, 1.54) is 18.2 Å². The molecule has 0 unspecified atom stereocenters. The van der Waals surface area contributed by atoms with E-state index in [1.807, 2.05) is 36.4 Å². The van der Waals surface area contributed by atoms with Gasteiger partial charge in [0.1, 0.15) is 17.4 Å². The van der Waals surface area contributed by atoms with Crippen LogP contribution in [-0.2, 0) is 11.3 Å². The van der Waals surface area contributed by atoms with Gasteiger partial charge >= 0.3 is 5.69 Å². The Hall–Kier alpha value is -5.04. The number of nitrogens with one attached hydrogen (secondary N) is 1. The molecule has 33 heavy (non-hydrogen) atoms. The zero-order chi connectivity index (χ0) is 23.8. The zero-order valence-electron chi connectivity index (χ0n) is 17.0. The van der Waals surface area contributed by atoms with Gasteiger partial charge in [-0.1, -0.05) is 42.5 Å². The lowest BCUT2D eigenvalue weighted by Crippen LogP contribution is -2.23. The maximum atomic E-state index is 12.4. The van der Waals surface area contributed by atoms with Gasteiger partial charge in [-0.25, -0.2) is 0 Å². The van der Waals surface area contributed by atoms with E-state index in [-0.39, 0.29) is 23.6 Å². The number of hydrogen-bond acceptors (Lipinski definition) is 7. The highest BCUT2D eigenvalue weighted by atomic mass is 16.6. The lowest BCUT2D eigenvalue weighted by Gasteiger charge is -2.08. The lowest BCUT2D eigenvalue weighted by atomic mass is 10.1. The van der Waals surface area contributed by atoms with Crippen molar-refractivity contribution in [2.45, 2.75) is 6.54 Å². The van der Waals surface area contributed by atoms with Crippen LogP contribution in [0.25, 0.3) is 6.08 Å². The summed E-state index contributed by atoms with van der Waals surface area (Å²) >= 11 is 0. The molecule has 3 rings (SSSR count). The van der Waals surface area contributed by atoms with Gasteiger partial charge in [0.25, 0.3) is 11.6 Å². The van der Waals surface area contributed by atoms with Gasteiger partial charge in [0.05, 0.1) is 15.9 Å². The summed E-state index contributed by atoms with van der Waals surface area (Å²) in [4.78, 5) is 33.0. The molecule has 0 aliphatic carbocycles. The highest BCUT2D eigenvalue weighted by molar-refractivity contribution is 6.01. The van der Waals surface area contributed by atoms with E-state index in [4.69, 9.17) is 4.74 Å². The third-order valence-electron chi connectivity index (χ3n) is 4.41. The smallest absolute Gasteiger partial charge is 0.318 e. The van der Waals surface area contributed by atoms with Crippen molar-refractivity contribution in [2.24, 2.45) is 0 Å². The Labute approximate surface area is 187 Å². The summed E-state index contributed by atoms with van der Waals surface area (Å²) < 4.78 is 5.55. The third-order valence-corrected chi connectivity index (χ3v) is 4.41. The predicted molar refractivity (Wildman–Crippen MR) is 118 cm³/mol. The molecule has 0 aromatic heterocycles. The van der Waals surface area contributed by atoms with Crippen molar-refractivity contribution in [3.8, 4) is 17.6 Å². The molecule has 0 spiro atoms. The maximum absolute atomic E-state index is 12.4. The molecule has 0 aliphatic heterocycles. The number of amides is 1. The van der Waals surface area contributed by atoms with Crippen molar-refractivity contribution >= 4 is 23.4 Å². The average molecular weight is 444 g/mol. The van der Waals surface area contributed by atoms with Crippen molar-refractivity contribution in [2.75, 3.05) is 0 Å². The van der Waals surface area contributed by atoms with Gasteiger partial charge in [-0.3, -0.25) is 25.0 Å². The van der Waals surface area contributed by atoms with Crippen molar-refractivity contribution in [3.63, 3.8) is 0 Å². The van der Waals surface area contributed by atoms with Crippen LogP contribution in [0, 0.1) is 31.6 Å². The van der Waals surface area contributed by atoms with E-state index in [0.717, 1.165) is 23.8 Å². The molecule has 0 heterocycles. The first kappa shape index (κ1) is 22.6. The summed E-state index contributed by atoms with van der Waals surface area (Å²) in [6.45, 7) is 0.256. The molecular formula is C23H16N4O6. The van der Waals surface area contributed by atoms with Crippen LogP contribution in [0.2, 0.25) is 0 Å². The van der Waals surface area contributed by atoms with E-state index >= 15 is 0 Å². The fraction of sp³-hybridized carbons (Fsp3) is 0.0435. The molecule has 0 saturated carbocycles. The van der Waals surface area contributed by atoms with Crippen LogP contribution in [-0.4, -0.2) is 15.8 Å². The SMILES string of the molecule is N#C/C(=C/c1cccc(Oc2ccc([N+](=O)[O-])cc2[N+](=O)[O-])c1)C(=O)NCc1ccccc1. The predicted octanol–water partition coefficient (Wildman–Crippen LogP) is 4.52. The summed E-state index contributed by atoms with van der Waals surface area (Å²) in [7, 11) is 0. The second kappa shape index (κ2) is 10.3. The standard InChI is InChI=1S/C23H16N4O6/c24-14-18(23(28)25-15-16-5-2-1-3-6-16)11-17-7-4-8-20(12-17)33-22-10-9-19(26(29)30)13-21(22)27(31)32/h1-13H,15H2,(H,25,28)/b18-11-. The molecule has 10 nitrogen and oxygen atoms in total. The normalized spacial score (nSPS) is 10.7. The van der Waals surface area contributed by atoms with Crippen molar-refractivity contribution in [3.05, 3.63) is 110 Å². The van der Waals surface area contributed by atoms with Crippen LogP contribution in [0.4, 0.5) is 11.4 Å². The van der Waals surface area contributed by atoms with Gasteiger partial charge in [-0.05, 0) is 35.4 Å². The molecule has 0 saturated heterocycles. The minimum absolute atomic E-state index is 0.135. The number of nitro benzene ring substituents is 2. The monoisotopic (exact) mass is 444 g/mol. The molecule has 3 aromatic rings. The van der Waals surface area contributed by atoms with Crippen molar-refractivity contribution < 1.29 is 19.4 Å². The second-order valence-electron chi connectivity index (χ2n) is 6.68. The zero-order valence-corrected chi connectivity index (χ0v) is 17.0. The number of carbonyl (C=O) groups excluding carboxylic acids is 1. The molecule has 0 radical (unpaired) electrons. The number of rotatable bonds is 8. The first-order valence-corrected chi connectivity index (χ1v) is 9.52. The van der Waals surface area contributed by atoms with E-state index in [2.05, 4.69) is 5.32 Å². The Morgan fingerprint density at radius 1 is 1.00 bits per heavy atom. The fourth-order valence-corrected chi connectivity index (χ4v) is 2.83. The molecule has 10 heteroatoms. The summed E-state index contributed by atoms with van der Waals surface area (Å²) in [5, 5.41) is 34.2. The van der Waals surface area contributed by atoms with E-state index in [9.17, 15) is 30.3 Å². The topological polar surface area (TPSA) is 148 Å². The van der Waals surface area contributed by atoms with Crippen LogP contribution in [0.1, 0.15) is 11.1 Å². The number of hydrogen-bond donors (Lipinski definition) is 1. The molecule has 164 valence electrons. The minimum Gasteiger partial charge on any atom is -0.450 e. The van der Waals surface area contributed by atoms with Crippen LogP contribution >= 0.6 is 0 Å².